The van der Waals surface area contributed by atoms with E-state index in [-0.39, 0.29) is 5.91 Å². The fourth-order valence-corrected chi connectivity index (χ4v) is 3.95. The van der Waals surface area contributed by atoms with Crippen LogP contribution < -0.4 is 5.32 Å². The Balaban J connectivity index is 1.39. The zero-order valence-corrected chi connectivity index (χ0v) is 16.4. The van der Waals surface area contributed by atoms with Crippen molar-refractivity contribution in [2.45, 2.75) is 25.8 Å². The van der Waals surface area contributed by atoms with E-state index < -0.39 is 0 Å². The summed E-state index contributed by atoms with van der Waals surface area (Å²) in [5, 5.41) is 5.08. The van der Waals surface area contributed by atoms with Crippen LogP contribution >= 0.6 is 0 Å². The Labute approximate surface area is 167 Å². The number of hydrogen-bond acceptors (Lipinski definition) is 4. The predicted molar refractivity (Wildman–Crippen MR) is 111 cm³/mol. The molecular formula is C23H29N3O2. The predicted octanol–water partition coefficient (Wildman–Crippen LogP) is 3.32. The van der Waals surface area contributed by atoms with Crippen molar-refractivity contribution in [3.05, 3.63) is 59.7 Å². The second kappa shape index (κ2) is 9.32. The fraction of sp³-hybridized carbons (Fsp3) is 0.435. The van der Waals surface area contributed by atoms with Gasteiger partial charge in [-0.05, 0) is 67.2 Å². The summed E-state index contributed by atoms with van der Waals surface area (Å²) in [6.45, 7) is 6.55. The summed E-state index contributed by atoms with van der Waals surface area (Å²) in [5.41, 5.74) is 4.13. The van der Waals surface area contributed by atoms with Gasteiger partial charge in [0, 0.05) is 31.7 Å². The molecule has 1 N–H and O–H groups in total. The molecule has 2 fully saturated rings. The van der Waals surface area contributed by atoms with Gasteiger partial charge in [0.15, 0.2) is 0 Å². The summed E-state index contributed by atoms with van der Waals surface area (Å²) in [4.78, 5) is 20.6. The van der Waals surface area contributed by atoms with E-state index >= 15 is 0 Å². The van der Waals surface area contributed by atoms with Gasteiger partial charge in [-0.25, -0.2) is 0 Å². The quantitative estimate of drug-likeness (QED) is 0.802. The molecule has 1 amide bonds. The van der Waals surface area contributed by atoms with Crippen molar-refractivity contribution in [3.63, 3.8) is 0 Å². The fourth-order valence-electron chi connectivity index (χ4n) is 3.95. The topological polar surface area (TPSA) is 44.8 Å². The molecule has 2 aromatic carbocycles. The summed E-state index contributed by atoms with van der Waals surface area (Å²) in [6, 6.07) is 16.4. The minimum Gasteiger partial charge on any atom is -0.351 e. The molecule has 5 heteroatoms. The lowest BCUT2D eigenvalue weighted by Crippen LogP contribution is -2.33. The number of amides is 1. The molecular weight excluding hydrogens is 350 g/mol. The third-order valence-corrected chi connectivity index (χ3v) is 5.48. The van der Waals surface area contributed by atoms with Crippen molar-refractivity contribution in [2.24, 2.45) is 0 Å². The van der Waals surface area contributed by atoms with Gasteiger partial charge in [0.05, 0.1) is 6.61 Å². The number of nitrogens with one attached hydrogen (secondary N) is 1. The van der Waals surface area contributed by atoms with E-state index in [0.29, 0.717) is 12.1 Å². The Hall–Kier alpha value is -2.21. The molecule has 0 bridgehead atoms. The van der Waals surface area contributed by atoms with Gasteiger partial charge < -0.3 is 10.2 Å². The van der Waals surface area contributed by atoms with Crippen LogP contribution in [0.2, 0.25) is 0 Å². The first-order valence-corrected chi connectivity index (χ1v) is 10.4. The van der Waals surface area contributed by atoms with E-state index in [1.54, 1.807) is 0 Å². The Bertz CT molecular complexity index is 796. The summed E-state index contributed by atoms with van der Waals surface area (Å²) in [5.74, 6) is 0.00247. The summed E-state index contributed by atoms with van der Waals surface area (Å²) < 4.78 is 0. The van der Waals surface area contributed by atoms with E-state index in [9.17, 15) is 4.79 Å². The van der Waals surface area contributed by atoms with Gasteiger partial charge in [-0.1, -0.05) is 30.3 Å². The van der Waals surface area contributed by atoms with Gasteiger partial charge in [-0.15, -0.1) is 0 Å². The molecule has 2 aromatic rings. The van der Waals surface area contributed by atoms with Crippen LogP contribution in [0.15, 0.2) is 48.5 Å². The van der Waals surface area contributed by atoms with E-state index in [2.05, 4.69) is 40.5 Å². The number of carbonyl (C=O) groups excluding carboxylic acids is 1. The molecule has 0 radical (unpaired) electrons. The highest BCUT2D eigenvalue weighted by molar-refractivity contribution is 5.95. The molecule has 5 nitrogen and oxygen atoms in total. The van der Waals surface area contributed by atoms with Gasteiger partial charge in [-0.2, -0.15) is 5.06 Å². The first kappa shape index (κ1) is 19.1. The van der Waals surface area contributed by atoms with Crippen LogP contribution in [0.1, 0.15) is 35.2 Å². The molecule has 148 valence electrons. The minimum atomic E-state index is 0.00247. The molecule has 0 saturated carbocycles. The SMILES string of the molecule is O=C(NCCN1CCCC1)c1cccc(-c2cccc(CN3CCCO3)c2)c1. The zero-order chi connectivity index (χ0) is 19.2. The highest BCUT2D eigenvalue weighted by atomic mass is 16.7. The van der Waals surface area contributed by atoms with Crippen LogP contribution in [0, 0.1) is 0 Å². The monoisotopic (exact) mass is 379 g/mol. The molecule has 0 spiro atoms. The number of rotatable bonds is 7. The number of carbonyl (C=O) groups is 1. The van der Waals surface area contributed by atoms with Gasteiger partial charge >= 0.3 is 0 Å². The average Bonchev–Trinajstić information content (AvgIpc) is 3.43. The van der Waals surface area contributed by atoms with E-state index in [4.69, 9.17) is 4.84 Å². The Kier molecular flexibility index (Phi) is 6.37. The van der Waals surface area contributed by atoms with Crippen LogP contribution in [0.25, 0.3) is 11.1 Å². The lowest BCUT2D eigenvalue weighted by Gasteiger charge is -2.15. The van der Waals surface area contributed by atoms with Crippen LogP contribution in [-0.4, -0.2) is 55.2 Å². The van der Waals surface area contributed by atoms with Crippen LogP contribution in [-0.2, 0) is 11.4 Å². The summed E-state index contributed by atoms with van der Waals surface area (Å²) in [6.07, 6.45) is 3.65. The number of hydroxylamine groups is 2. The molecule has 2 saturated heterocycles. The summed E-state index contributed by atoms with van der Waals surface area (Å²) in [7, 11) is 0. The second-order valence-corrected chi connectivity index (χ2v) is 7.64. The third kappa shape index (κ3) is 4.98. The first-order chi connectivity index (χ1) is 13.8. The summed E-state index contributed by atoms with van der Waals surface area (Å²) >= 11 is 0. The Morgan fingerprint density at radius 2 is 1.75 bits per heavy atom. The van der Waals surface area contributed by atoms with Crippen molar-refractivity contribution in [1.29, 1.82) is 0 Å². The van der Waals surface area contributed by atoms with Crippen LogP contribution in [0.3, 0.4) is 0 Å². The maximum Gasteiger partial charge on any atom is 0.251 e. The molecule has 0 aromatic heterocycles. The van der Waals surface area contributed by atoms with Crippen molar-refractivity contribution in [2.75, 3.05) is 39.3 Å². The average molecular weight is 380 g/mol. The van der Waals surface area contributed by atoms with Crippen molar-refractivity contribution < 1.29 is 9.63 Å². The van der Waals surface area contributed by atoms with E-state index in [1.807, 2.05) is 23.3 Å². The number of benzene rings is 2. The molecule has 2 aliphatic heterocycles. The van der Waals surface area contributed by atoms with Crippen LogP contribution in [0.4, 0.5) is 0 Å². The maximum atomic E-state index is 12.5. The Morgan fingerprint density at radius 1 is 0.964 bits per heavy atom. The van der Waals surface area contributed by atoms with Gasteiger partial charge in [0.25, 0.3) is 5.91 Å². The van der Waals surface area contributed by atoms with Crippen molar-refractivity contribution in [1.82, 2.24) is 15.3 Å². The lowest BCUT2D eigenvalue weighted by atomic mass is 10.0. The molecule has 4 rings (SSSR count). The van der Waals surface area contributed by atoms with E-state index in [0.717, 1.165) is 56.9 Å². The Morgan fingerprint density at radius 3 is 2.54 bits per heavy atom. The van der Waals surface area contributed by atoms with Crippen LogP contribution in [0.5, 0.6) is 0 Å². The lowest BCUT2D eigenvalue weighted by molar-refractivity contribution is -0.117. The second-order valence-electron chi connectivity index (χ2n) is 7.64. The largest absolute Gasteiger partial charge is 0.351 e. The molecule has 0 unspecified atom stereocenters. The maximum absolute atomic E-state index is 12.5. The van der Waals surface area contributed by atoms with Gasteiger partial charge in [0.1, 0.15) is 0 Å². The van der Waals surface area contributed by atoms with E-state index in [1.165, 1.54) is 18.4 Å². The molecule has 2 aliphatic rings. The smallest absolute Gasteiger partial charge is 0.251 e. The van der Waals surface area contributed by atoms with Gasteiger partial charge in [-0.3, -0.25) is 9.63 Å². The molecule has 28 heavy (non-hydrogen) atoms. The minimum absolute atomic E-state index is 0.00247. The number of hydrogen-bond donors (Lipinski definition) is 1. The normalized spacial score (nSPS) is 17.9. The highest BCUT2D eigenvalue weighted by Crippen LogP contribution is 2.23. The number of likely N-dealkylation sites (tertiary alicyclic amines) is 1. The van der Waals surface area contributed by atoms with Gasteiger partial charge in [0.2, 0.25) is 0 Å². The van der Waals surface area contributed by atoms with Crippen molar-refractivity contribution >= 4 is 5.91 Å². The standard InChI is InChI=1S/C23H29N3O2/c27-23(24-10-14-25-11-1-2-12-25)22-9-4-8-21(17-22)20-7-3-6-19(16-20)18-26-13-5-15-28-26/h3-4,6-9,16-17H,1-2,5,10-15,18H2,(H,24,27). The number of nitrogens with zero attached hydrogens (tertiary/aromatic N) is 2. The van der Waals surface area contributed by atoms with Crippen molar-refractivity contribution in [3.8, 4) is 11.1 Å². The molecule has 0 atom stereocenters. The molecule has 2 heterocycles. The zero-order valence-electron chi connectivity index (χ0n) is 16.4. The highest BCUT2D eigenvalue weighted by Gasteiger charge is 2.14. The molecule has 0 aliphatic carbocycles. The third-order valence-electron chi connectivity index (χ3n) is 5.48. The first-order valence-electron chi connectivity index (χ1n) is 10.4.